The van der Waals surface area contributed by atoms with Crippen molar-refractivity contribution in [2.24, 2.45) is 0 Å². The molecule has 0 aliphatic carbocycles. The molecule has 24 heavy (non-hydrogen) atoms. The first-order valence-corrected chi connectivity index (χ1v) is 6.95. The van der Waals surface area contributed by atoms with Gasteiger partial charge in [0.25, 0.3) is 0 Å². The van der Waals surface area contributed by atoms with E-state index in [1.807, 2.05) is 0 Å². The van der Waals surface area contributed by atoms with Gasteiger partial charge in [-0.05, 0) is 23.8 Å². The Kier molecular flexibility index (Phi) is 3.69. The molecule has 0 atom stereocenters. The van der Waals surface area contributed by atoms with Crippen molar-refractivity contribution < 1.29 is 34.7 Å². The zero-order valence-corrected chi connectivity index (χ0v) is 12.6. The Bertz CT molecular complexity index is 868. The van der Waals surface area contributed by atoms with Gasteiger partial charge in [0.15, 0.2) is 28.8 Å². The fraction of sp³-hybridized carbons (Fsp3) is 0.118. The Morgan fingerprint density at radius 3 is 2.50 bits per heavy atom. The molecule has 2 aromatic rings. The van der Waals surface area contributed by atoms with E-state index >= 15 is 0 Å². The number of hydrogen-bond donors (Lipinski definition) is 4. The molecule has 0 amide bonds. The van der Waals surface area contributed by atoms with E-state index < -0.39 is 5.78 Å². The van der Waals surface area contributed by atoms with Gasteiger partial charge in [-0.15, -0.1) is 0 Å². The third-order valence-electron chi connectivity index (χ3n) is 3.65. The minimum atomic E-state index is -0.515. The molecule has 0 unspecified atom stereocenters. The molecular weight excluding hydrogens is 316 g/mol. The molecule has 1 aliphatic heterocycles. The van der Waals surface area contributed by atoms with Gasteiger partial charge in [0.1, 0.15) is 17.9 Å². The van der Waals surface area contributed by atoms with Crippen molar-refractivity contribution in [3.05, 3.63) is 41.0 Å². The third-order valence-corrected chi connectivity index (χ3v) is 3.65. The molecule has 1 aliphatic rings. The number of phenolic OH excluding ortho intramolecular Hbond substituents is 4. The van der Waals surface area contributed by atoms with E-state index in [4.69, 9.17) is 9.47 Å². The number of Topliss-reactive ketones (excluding diaryl/α,β-unsaturated/α-hetero) is 1. The van der Waals surface area contributed by atoms with Crippen molar-refractivity contribution in [2.75, 3.05) is 13.7 Å². The van der Waals surface area contributed by atoms with Gasteiger partial charge in [0.05, 0.1) is 7.11 Å². The maximum Gasteiger partial charge on any atom is 0.201 e. The summed E-state index contributed by atoms with van der Waals surface area (Å²) in [6, 6.07) is 5.22. The van der Waals surface area contributed by atoms with E-state index in [2.05, 4.69) is 0 Å². The van der Waals surface area contributed by atoms with Crippen LogP contribution in [-0.4, -0.2) is 39.9 Å². The molecule has 4 N–H and O–H groups in total. The molecular formula is C17H14O7. The van der Waals surface area contributed by atoms with E-state index in [1.165, 1.54) is 31.4 Å². The van der Waals surface area contributed by atoms with E-state index in [9.17, 15) is 25.2 Å². The first-order valence-electron chi connectivity index (χ1n) is 6.95. The predicted molar refractivity (Wildman–Crippen MR) is 83.9 cm³/mol. The van der Waals surface area contributed by atoms with Gasteiger partial charge in [0, 0.05) is 11.6 Å². The highest BCUT2D eigenvalue weighted by Crippen LogP contribution is 2.46. The van der Waals surface area contributed by atoms with E-state index in [-0.39, 0.29) is 52.2 Å². The fourth-order valence-corrected chi connectivity index (χ4v) is 2.44. The Morgan fingerprint density at radius 2 is 1.83 bits per heavy atom. The van der Waals surface area contributed by atoms with Crippen molar-refractivity contribution in [2.45, 2.75) is 0 Å². The Balaban J connectivity index is 2.05. The van der Waals surface area contributed by atoms with E-state index in [0.717, 1.165) is 6.07 Å². The number of ether oxygens (including phenoxy) is 2. The summed E-state index contributed by atoms with van der Waals surface area (Å²) in [5.41, 5.74) is 0.527. The molecule has 0 fully saturated rings. The average Bonchev–Trinajstić information content (AvgIpc) is 2.56. The van der Waals surface area contributed by atoms with Crippen molar-refractivity contribution in [1.29, 1.82) is 0 Å². The summed E-state index contributed by atoms with van der Waals surface area (Å²) in [5.74, 6) is -1.98. The summed E-state index contributed by atoms with van der Waals surface area (Å²) in [5, 5.41) is 38.9. The molecule has 124 valence electrons. The molecule has 0 aromatic heterocycles. The van der Waals surface area contributed by atoms with Gasteiger partial charge in [-0.2, -0.15) is 0 Å². The lowest BCUT2D eigenvalue weighted by Crippen LogP contribution is -2.19. The lowest BCUT2D eigenvalue weighted by Gasteiger charge is -2.21. The lowest BCUT2D eigenvalue weighted by atomic mass is 9.96. The third kappa shape index (κ3) is 2.45. The zero-order chi connectivity index (χ0) is 17.4. The summed E-state index contributed by atoms with van der Waals surface area (Å²) in [4.78, 5) is 12.6. The number of benzene rings is 2. The van der Waals surface area contributed by atoms with Crippen LogP contribution < -0.4 is 9.47 Å². The van der Waals surface area contributed by atoms with Crippen LogP contribution in [0.15, 0.2) is 29.8 Å². The number of ketones is 1. The van der Waals surface area contributed by atoms with Gasteiger partial charge >= 0.3 is 0 Å². The summed E-state index contributed by atoms with van der Waals surface area (Å²) in [6.07, 6.45) is 1.46. The quantitative estimate of drug-likeness (QED) is 0.379. The van der Waals surface area contributed by atoms with Crippen molar-refractivity contribution in [3.8, 4) is 34.5 Å². The zero-order valence-electron chi connectivity index (χ0n) is 12.6. The number of hydrogen-bond acceptors (Lipinski definition) is 7. The smallest absolute Gasteiger partial charge is 0.201 e. The normalized spacial score (nSPS) is 15.0. The molecule has 3 rings (SSSR count). The highest BCUT2D eigenvalue weighted by Gasteiger charge is 2.31. The molecule has 7 heteroatoms. The first-order chi connectivity index (χ1) is 11.4. The van der Waals surface area contributed by atoms with Crippen LogP contribution in [0.3, 0.4) is 0 Å². The van der Waals surface area contributed by atoms with Crippen LogP contribution in [0.2, 0.25) is 0 Å². The summed E-state index contributed by atoms with van der Waals surface area (Å²) in [7, 11) is 1.31. The fourth-order valence-electron chi connectivity index (χ4n) is 2.44. The monoisotopic (exact) mass is 330 g/mol. The Morgan fingerprint density at radius 1 is 1.08 bits per heavy atom. The molecule has 0 spiro atoms. The lowest BCUT2D eigenvalue weighted by molar-refractivity contribution is 0.0995. The highest BCUT2D eigenvalue weighted by atomic mass is 16.5. The summed E-state index contributed by atoms with van der Waals surface area (Å²) in [6.45, 7) is -0.131. The van der Waals surface area contributed by atoms with Gasteiger partial charge in [0.2, 0.25) is 5.75 Å². The minimum Gasteiger partial charge on any atom is -0.507 e. The second kappa shape index (κ2) is 5.69. The van der Waals surface area contributed by atoms with E-state index in [0.29, 0.717) is 5.56 Å². The van der Waals surface area contributed by atoms with Crippen molar-refractivity contribution >= 4 is 11.9 Å². The maximum atomic E-state index is 12.6. The molecule has 0 saturated carbocycles. The second-order valence-corrected chi connectivity index (χ2v) is 5.19. The summed E-state index contributed by atoms with van der Waals surface area (Å²) < 4.78 is 10.3. The van der Waals surface area contributed by atoms with Gasteiger partial charge in [-0.1, -0.05) is 6.07 Å². The molecule has 2 aromatic carbocycles. The molecule has 0 saturated heterocycles. The number of carbonyl (C=O) groups is 1. The standard InChI is InChI=1S/C17H14O7/c1-23-13-6-12(20)14-15(21)9(7-24-17(14)16(13)22)4-8-2-3-10(18)11(19)5-8/h2-6,18-20,22H,7H2,1H3/b9-4+. The minimum absolute atomic E-state index is 0.00469. The Labute approximate surface area is 136 Å². The number of aromatic hydroxyl groups is 4. The van der Waals surface area contributed by atoms with Crippen LogP contribution >= 0.6 is 0 Å². The first kappa shape index (κ1) is 15.5. The average molecular weight is 330 g/mol. The van der Waals surface area contributed by atoms with Crippen LogP contribution in [0.1, 0.15) is 15.9 Å². The van der Waals surface area contributed by atoms with Gasteiger partial charge in [-0.3, -0.25) is 4.79 Å². The SMILES string of the molecule is COc1cc(O)c2c(c1O)OC/C(=C\c1ccc(O)c(O)c1)C2=O. The highest BCUT2D eigenvalue weighted by molar-refractivity contribution is 6.16. The molecule has 0 radical (unpaired) electrons. The van der Waals surface area contributed by atoms with Crippen LogP contribution in [0.4, 0.5) is 0 Å². The molecule has 0 bridgehead atoms. The van der Waals surface area contributed by atoms with Crippen molar-refractivity contribution in [3.63, 3.8) is 0 Å². The predicted octanol–water partition coefficient (Wildman–Crippen LogP) is 2.18. The second-order valence-electron chi connectivity index (χ2n) is 5.19. The number of methoxy groups -OCH3 is 1. The van der Waals surface area contributed by atoms with Crippen LogP contribution in [0, 0.1) is 0 Å². The maximum absolute atomic E-state index is 12.6. The van der Waals surface area contributed by atoms with Gasteiger partial charge < -0.3 is 29.9 Å². The molecule has 7 nitrogen and oxygen atoms in total. The van der Waals surface area contributed by atoms with E-state index in [1.54, 1.807) is 0 Å². The number of rotatable bonds is 2. The topological polar surface area (TPSA) is 116 Å². The van der Waals surface area contributed by atoms with Crippen LogP contribution in [-0.2, 0) is 0 Å². The molecule has 1 heterocycles. The largest absolute Gasteiger partial charge is 0.507 e. The van der Waals surface area contributed by atoms with Crippen molar-refractivity contribution in [1.82, 2.24) is 0 Å². The summed E-state index contributed by atoms with van der Waals surface area (Å²) >= 11 is 0. The Hall–Kier alpha value is -3.35. The number of fused-ring (bicyclic) bond motifs is 1. The number of phenols is 4. The number of carbonyl (C=O) groups excluding carboxylic acids is 1. The van der Waals surface area contributed by atoms with Crippen LogP contribution in [0.25, 0.3) is 6.08 Å². The van der Waals surface area contributed by atoms with Crippen LogP contribution in [0.5, 0.6) is 34.5 Å². The van der Waals surface area contributed by atoms with Gasteiger partial charge in [-0.25, -0.2) is 0 Å².